The maximum absolute atomic E-state index is 12.9. The Hall–Kier alpha value is -2.71. The molecule has 0 spiro atoms. The van der Waals surface area contributed by atoms with E-state index in [0.29, 0.717) is 18.2 Å². The van der Waals surface area contributed by atoms with Crippen LogP contribution in [-0.2, 0) is 4.79 Å². The number of hydrogen-bond donors (Lipinski definition) is 3. The van der Waals surface area contributed by atoms with Crippen molar-refractivity contribution in [3.63, 3.8) is 0 Å². The van der Waals surface area contributed by atoms with Crippen molar-refractivity contribution in [3.8, 4) is 0 Å². The summed E-state index contributed by atoms with van der Waals surface area (Å²) in [5.74, 6) is 0.634. The van der Waals surface area contributed by atoms with E-state index in [0.717, 1.165) is 43.9 Å². The van der Waals surface area contributed by atoms with Gasteiger partial charge < -0.3 is 16.0 Å². The third kappa shape index (κ3) is 4.55. The number of nitrogens with one attached hydrogen (secondary N) is 3. The molecule has 1 aliphatic carbocycles. The lowest BCUT2D eigenvalue weighted by Crippen LogP contribution is -2.48. The summed E-state index contributed by atoms with van der Waals surface area (Å²) in [6, 6.07) is 9.93. The van der Waals surface area contributed by atoms with Crippen LogP contribution in [0.1, 0.15) is 53.7 Å². The number of anilines is 1. The fourth-order valence-electron chi connectivity index (χ4n) is 4.52. The van der Waals surface area contributed by atoms with Crippen LogP contribution in [0.4, 0.5) is 5.82 Å². The first kappa shape index (κ1) is 20.6. The predicted octanol–water partition coefficient (Wildman–Crippen LogP) is 1.94. The first-order valence-corrected chi connectivity index (χ1v) is 10.8. The summed E-state index contributed by atoms with van der Waals surface area (Å²) in [5.41, 5.74) is 1.66. The van der Waals surface area contributed by atoms with Gasteiger partial charge in [-0.15, -0.1) is 0 Å². The summed E-state index contributed by atoms with van der Waals surface area (Å²) in [5, 5.41) is 13.6. The van der Waals surface area contributed by atoms with Crippen molar-refractivity contribution >= 4 is 17.6 Å². The van der Waals surface area contributed by atoms with E-state index >= 15 is 0 Å². The molecule has 3 N–H and O–H groups in total. The fourth-order valence-corrected chi connectivity index (χ4v) is 4.52. The van der Waals surface area contributed by atoms with E-state index in [2.05, 4.69) is 25.9 Å². The second-order valence-corrected chi connectivity index (χ2v) is 8.04. The topological polar surface area (TPSA) is 91.3 Å². The molecule has 2 fully saturated rings. The largest absolute Gasteiger partial charge is 0.355 e. The van der Waals surface area contributed by atoms with Gasteiger partial charge in [0.2, 0.25) is 5.91 Å². The Bertz CT molecular complexity index is 889. The molecule has 1 aromatic carbocycles. The minimum Gasteiger partial charge on any atom is -0.355 e. The third-order valence-electron chi connectivity index (χ3n) is 6.07. The minimum atomic E-state index is -0.106. The molecule has 30 heavy (non-hydrogen) atoms. The van der Waals surface area contributed by atoms with Crippen LogP contribution in [0.15, 0.2) is 36.5 Å². The summed E-state index contributed by atoms with van der Waals surface area (Å²) >= 11 is 0. The van der Waals surface area contributed by atoms with Gasteiger partial charge >= 0.3 is 0 Å². The number of nitrogens with zero attached hydrogens (tertiary/aromatic N) is 3. The van der Waals surface area contributed by atoms with Crippen LogP contribution >= 0.6 is 0 Å². The molecule has 160 valence electrons. The summed E-state index contributed by atoms with van der Waals surface area (Å²) in [6.45, 7) is 2.64. The van der Waals surface area contributed by atoms with Gasteiger partial charge in [-0.3, -0.25) is 14.5 Å². The zero-order valence-electron chi connectivity index (χ0n) is 17.4. The van der Waals surface area contributed by atoms with E-state index in [1.807, 2.05) is 28.9 Å². The van der Waals surface area contributed by atoms with E-state index in [-0.39, 0.29) is 17.9 Å². The highest BCUT2D eigenvalue weighted by molar-refractivity contribution is 5.94. The molecule has 0 unspecified atom stereocenters. The Morgan fingerprint density at radius 1 is 1.23 bits per heavy atom. The lowest BCUT2D eigenvalue weighted by Gasteiger charge is -2.36. The summed E-state index contributed by atoms with van der Waals surface area (Å²) in [7, 11) is 1.63. The van der Waals surface area contributed by atoms with Crippen molar-refractivity contribution in [2.24, 2.45) is 0 Å². The average molecular weight is 411 g/mol. The van der Waals surface area contributed by atoms with Gasteiger partial charge in [-0.25, -0.2) is 4.68 Å². The molecule has 2 amide bonds. The molecule has 8 heteroatoms. The molecule has 4 rings (SSSR count). The number of aromatic nitrogens is 2. The third-order valence-corrected chi connectivity index (χ3v) is 6.07. The van der Waals surface area contributed by atoms with Gasteiger partial charge in [0, 0.05) is 44.4 Å². The van der Waals surface area contributed by atoms with Crippen LogP contribution in [0.3, 0.4) is 0 Å². The predicted molar refractivity (Wildman–Crippen MR) is 115 cm³/mol. The van der Waals surface area contributed by atoms with Gasteiger partial charge in [0.1, 0.15) is 5.82 Å². The molecule has 0 radical (unpaired) electrons. The lowest BCUT2D eigenvalue weighted by atomic mass is 10.0. The van der Waals surface area contributed by atoms with Crippen LogP contribution in [0.5, 0.6) is 0 Å². The lowest BCUT2D eigenvalue weighted by molar-refractivity contribution is -0.118. The standard InChI is InChI=1S/C22H30N6O2/c1-23-22(30)17-6-4-5-16(13-17)19-14-24-11-12-27(19)15-21(29)26-20-9-10-25-28(20)18-7-2-3-8-18/h4-6,9-10,13,18-19,24H,2-3,7-8,11-12,14-15H2,1H3,(H,23,30)(H,26,29)/t19-/m1/s1. The van der Waals surface area contributed by atoms with Crippen molar-refractivity contribution in [1.29, 1.82) is 0 Å². The van der Waals surface area contributed by atoms with E-state index in [9.17, 15) is 9.59 Å². The number of carbonyl (C=O) groups is 2. The summed E-state index contributed by atoms with van der Waals surface area (Å²) in [4.78, 5) is 27.1. The van der Waals surface area contributed by atoms with E-state index in [4.69, 9.17) is 0 Å². The van der Waals surface area contributed by atoms with Crippen molar-refractivity contribution in [2.45, 2.75) is 37.8 Å². The average Bonchev–Trinajstić information content (AvgIpc) is 3.45. The van der Waals surface area contributed by atoms with Gasteiger partial charge in [0.15, 0.2) is 0 Å². The zero-order chi connectivity index (χ0) is 20.9. The maximum Gasteiger partial charge on any atom is 0.251 e. The smallest absolute Gasteiger partial charge is 0.251 e. The van der Waals surface area contributed by atoms with Crippen molar-refractivity contribution in [1.82, 2.24) is 25.3 Å². The van der Waals surface area contributed by atoms with Crippen molar-refractivity contribution in [3.05, 3.63) is 47.7 Å². The highest BCUT2D eigenvalue weighted by Gasteiger charge is 2.27. The number of amides is 2. The van der Waals surface area contributed by atoms with Crippen molar-refractivity contribution in [2.75, 3.05) is 38.5 Å². The monoisotopic (exact) mass is 410 g/mol. The Kier molecular flexibility index (Phi) is 6.44. The number of benzene rings is 1. The molecule has 2 heterocycles. The van der Waals surface area contributed by atoms with E-state index in [1.165, 1.54) is 12.8 Å². The Morgan fingerprint density at radius 3 is 2.87 bits per heavy atom. The van der Waals surface area contributed by atoms with Gasteiger partial charge in [-0.1, -0.05) is 25.0 Å². The van der Waals surface area contributed by atoms with Crippen LogP contribution in [-0.4, -0.2) is 59.7 Å². The first-order chi connectivity index (χ1) is 14.7. The molecule has 1 saturated carbocycles. The molecular weight excluding hydrogens is 380 g/mol. The van der Waals surface area contributed by atoms with Gasteiger partial charge in [0.05, 0.1) is 18.8 Å². The van der Waals surface area contributed by atoms with E-state index in [1.54, 1.807) is 19.3 Å². The van der Waals surface area contributed by atoms with Crippen LogP contribution in [0.2, 0.25) is 0 Å². The molecule has 1 atom stereocenters. The molecule has 0 bridgehead atoms. The first-order valence-electron chi connectivity index (χ1n) is 10.8. The summed E-state index contributed by atoms with van der Waals surface area (Å²) in [6.07, 6.45) is 6.43. The Balaban J connectivity index is 1.44. The number of carbonyl (C=O) groups excluding carboxylic acids is 2. The molecule has 8 nitrogen and oxygen atoms in total. The summed E-state index contributed by atoms with van der Waals surface area (Å²) < 4.78 is 1.97. The molecule has 2 aliphatic rings. The SMILES string of the molecule is CNC(=O)c1cccc([C@H]2CNCCN2CC(=O)Nc2ccnn2C2CCCC2)c1. The number of rotatable bonds is 6. The fraction of sp³-hybridized carbons (Fsp3) is 0.500. The maximum atomic E-state index is 12.9. The quantitative estimate of drug-likeness (QED) is 0.677. The van der Waals surface area contributed by atoms with Gasteiger partial charge in [0.25, 0.3) is 5.91 Å². The molecule has 2 aromatic rings. The van der Waals surface area contributed by atoms with Gasteiger partial charge in [-0.05, 0) is 30.5 Å². The molecular formula is C22H30N6O2. The Labute approximate surface area is 177 Å². The number of piperazine rings is 1. The normalized spacial score (nSPS) is 20.2. The highest BCUT2D eigenvalue weighted by atomic mass is 16.2. The van der Waals surface area contributed by atoms with E-state index < -0.39 is 0 Å². The highest BCUT2D eigenvalue weighted by Crippen LogP contribution is 2.31. The Morgan fingerprint density at radius 2 is 2.07 bits per heavy atom. The van der Waals surface area contributed by atoms with Crippen molar-refractivity contribution < 1.29 is 9.59 Å². The van der Waals surface area contributed by atoms with Gasteiger partial charge in [-0.2, -0.15) is 5.10 Å². The van der Waals surface area contributed by atoms with Crippen LogP contribution in [0.25, 0.3) is 0 Å². The molecule has 1 aromatic heterocycles. The second-order valence-electron chi connectivity index (χ2n) is 8.04. The second kappa shape index (κ2) is 9.40. The molecule has 1 saturated heterocycles. The molecule has 1 aliphatic heterocycles. The zero-order valence-corrected chi connectivity index (χ0v) is 17.4. The van der Waals surface area contributed by atoms with Crippen LogP contribution < -0.4 is 16.0 Å². The minimum absolute atomic E-state index is 0.0360. The van der Waals surface area contributed by atoms with Crippen LogP contribution in [0, 0.1) is 0 Å². The number of hydrogen-bond acceptors (Lipinski definition) is 5.